The van der Waals surface area contributed by atoms with E-state index >= 15 is 0 Å². The third kappa shape index (κ3) is 2.47. The lowest BCUT2D eigenvalue weighted by molar-refractivity contribution is 0.576. The molecule has 2 aromatic carbocycles. The first-order valence-electron chi connectivity index (χ1n) is 5.04. The topological polar surface area (TPSA) is 26.0 Å². The molecule has 0 saturated heterocycles. The van der Waals surface area contributed by atoms with Crippen molar-refractivity contribution in [2.45, 2.75) is 6.04 Å². The predicted molar refractivity (Wildman–Crippen MR) is 58.8 cm³/mol. The summed E-state index contributed by atoms with van der Waals surface area (Å²) in [6.07, 6.45) is 0. The Kier molecular flexibility index (Phi) is 3.15. The summed E-state index contributed by atoms with van der Waals surface area (Å²) in [6, 6.07) is 7.63. The largest absolute Gasteiger partial charge is 0.320 e. The third-order valence-electron chi connectivity index (χ3n) is 2.52. The molecule has 0 aliphatic heterocycles. The molecule has 0 aromatic heterocycles. The maximum atomic E-state index is 13.5. The molecule has 2 aromatic rings. The molecule has 0 spiro atoms. The van der Waals surface area contributed by atoms with Gasteiger partial charge in [0, 0.05) is 5.56 Å². The van der Waals surface area contributed by atoms with E-state index in [2.05, 4.69) is 0 Å². The Balaban J connectivity index is 2.39. The van der Waals surface area contributed by atoms with Crippen molar-refractivity contribution in [3.63, 3.8) is 0 Å². The third-order valence-corrected chi connectivity index (χ3v) is 2.52. The zero-order valence-corrected chi connectivity index (χ0v) is 8.83. The maximum Gasteiger partial charge on any atom is 0.128 e. The van der Waals surface area contributed by atoms with Gasteiger partial charge in [-0.15, -0.1) is 0 Å². The first-order valence-corrected chi connectivity index (χ1v) is 5.04. The molecule has 1 unspecified atom stereocenters. The molecule has 2 rings (SSSR count). The molecule has 0 fully saturated rings. The van der Waals surface area contributed by atoms with Crippen molar-refractivity contribution in [2.24, 2.45) is 5.73 Å². The smallest absolute Gasteiger partial charge is 0.128 e. The minimum Gasteiger partial charge on any atom is -0.320 e. The summed E-state index contributed by atoms with van der Waals surface area (Å²) < 4.78 is 39.2. The van der Waals surface area contributed by atoms with Crippen LogP contribution < -0.4 is 5.73 Å². The quantitative estimate of drug-likeness (QED) is 0.853. The molecule has 17 heavy (non-hydrogen) atoms. The minimum atomic E-state index is -0.814. The second-order valence-corrected chi connectivity index (χ2v) is 3.70. The lowest BCUT2D eigenvalue weighted by Gasteiger charge is -2.13. The molecule has 0 heterocycles. The molecule has 0 bridgehead atoms. The minimum absolute atomic E-state index is 0.0524. The van der Waals surface area contributed by atoms with Gasteiger partial charge in [0.15, 0.2) is 0 Å². The maximum absolute atomic E-state index is 13.5. The van der Waals surface area contributed by atoms with Crippen LogP contribution in [0, 0.1) is 17.5 Å². The van der Waals surface area contributed by atoms with Crippen LogP contribution in [0.5, 0.6) is 0 Å². The highest BCUT2D eigenvalue weighted by molar-refractivity contribution is 5.32. The van der Waals surface area contributed by atoms with Gasteiger partial charge in [0.2, 0.25) is 0 Å². The van der Waals surface area contributed by atoms with E-state index in [-0.39, 0.29) is 5.56 Å². The van der Waals surface area contributed by atoms with E-state index < -0.39 is 23.5 Å². The van der Waals surface area contributed by atoms with Gasteiger partial charge in [-0.05, 0) is 35.9 Å². The first-order chi connectivity index (χ1) is 8.08. The van der Waals surface area contributed by atoms with Crippen LogP contribution >= 0.6 is 0 Å². The van der Waals surface area contributed by atoms with Crippen LogP contribution in [0.3, 0.4) is 0 Å². The number of hydrogen-bond acceptors (Lipinski definition) is 1. The Bertz CT molecular complexity index is 523. The van der Waals surface area contributed by atoms with Crippen molar-refractivity contribution in [2.75, 3.05) is 0 Å². The molecule has 0 radical (unpaired) electrons. The number of nitrogens with two attached hydrogens (primary N) is 1. The van der Waals surface area contributed by atoms with Gasteiger partial charge in [0.1, 0.15) is 17.5 Å². The van der Waals surface area contributed by atoms with Gasteiger partial charge in [-0.2, -0.15) is 0 Å². The standard InChI is InChI=1S/C13H10F3N/c14-9-3-1-8(2-4-9)13(17)11-7-10(15)5-6-12(11)16/h1-7,13H,17H2. The van der Waals surface area contributed by atoms with Crippen molar-refractivity contribution < 1.29 is 13.2 Å². The van der Waals surface area contributed by atoms with Crippen molar-refractivity contribution in [1.82, 2.24) is 0 Å². The Hall–Kier alpha value is -1.81. The van der Waals surface area contributed by atoms with E-state index in [1.165, 1.54) is 24.3 Å². The summed E-state index contributed by atoms with van der Waals surface area (Å²) in [4.78, 5) is 0. The van der Waals surface area contributed by atoms with E-state index in [9.17, 15) is 13.2 Å². The average Bonchev–Trinajstić information content (AvgIpc) is 2.32. The van der Waals surface area contributed by atoms with Crippen LogP contribution in [-0.2, 0) is 0 Å². The zero-order valence-electron chi connectivity index (χ0n) is 8.83. The Morgan fingerprint density at radius 1 is 0.824 bits per heavy atom. The highest BCUT2D eigenvalue weighted by Gasteiger charge is 2.14. The summed E-state index contributed by atoms with van der Waals surface area (Å²) in [5.41, 5.74) is 6.38. The predicted octanol–water partition coefficient (Wildman–Crippen LogP) is 3.15. The van der Waals surface area contributed by atoms with Crippen LogP contribution in [0.4, 0.5) is 13.2 Å². The first kappa shape index (κ1) is 11.7. The zero-order chi connectivity index (χ0) is 12.4. The molecule has 0 amide bonds. The van der Waals surface area contributed by atoms with Crippen molar-refractivity contribution in [3.05, 3.63) is 71.0 Å². The number of benzene rings is 2. The second kappa shape index (κ2) is 4.59. The fourth-order valence-electron chi connectivity index (χ4n) is 1.60. The lowest BCUT2D eigenvalue weighted by atomic mass is 9.99. The fourth-order valence-corrected chi connectivity index (χ4v) is 1.60. The molecule has 2 N–H and O–H groups in total. The Labute approximate surface area is 96.7 Å². The molecule has 0 saturated carbocycles. The summed E-state index contributed by atoms with van der Waals surface area (Å²) >= 11 is 0. The van der Waals surface area contributed by atoms with Gasteiger partial charge in [0.05, 0.1) is 6.04 Å². The highest BCUT2D eigenvalue weighted by Crippen LogP contribution is 2.23. The fraction of sp³-hybridized carbons (Fsp3) is 0.0769. The monoisotopic (exact) mass is 237 g/mol. The van der Waals surface area contributed by atoms with Gasteiger partial charge in [-0.1, -0.05) is 12.1 Å². The summed E-state index contributed by atoms with van der Waals surface area (Å²) in [7, 11) is 0. The van der Waals surface area contributed by atoms with E-state index in [1.54, 1.807) is 0 Å². The Morgan fingerprint density at radius 3 is 2.06 bits per heavy atom. The summed E-state index contributed by atoms with van der Waals surface area (Å²) in [5, 5.41) is 0. The van der Waals surface area contributed by atoms with E-state index in [0.717, 1.165) is 18.2 Å². The van der Waals surface area contributed by atoms with Crippen LogP contribution in [0.15, 0.2) is 42.5 Å². The van der Waals surface area contributed by atoms with E-state index in [1.807, 2.05) is 0 Å². The molecule has 4 heteroatoms. The van der Waals surface area contributed by atoms with Crippen LogP contribution in [0.1, 0.15) is 17.2 Å². The molecular formula is C13H10F3N. The lowest BCUT2D eigenvalue weighted by Crippen LogP contribution is -2.14. The molecule has 0 aliphatic carbocycles. The van der Waals surface area contributed by atoms with Gasteiger partial charge < -0.3 is 5.73 Å². The van der Waals surface area contributed by atoms with Gasteiger partial charge in [-0.3, -0.25) is 0 Å². The number of halogens is 3. The van der Waals surface area contributed by atoms with Crippen LogP contribution in [0.2, 0.25) is 0 Å². The van der Waals surface area contributed by atoms with Gasteiger partial charge in [0.25, 0.3) is 0 Å². The molecule has 88 valence electrons. The van der Waals surface area contributed by atoms with Crippen LogP contribution in [0.25, 0.3) is 0 Å². The molecule has 1 atom stereocenters. The van der Waals surface area contributed by atoms with E-state index in [4.69, 9.17) is 5.73 Å². The van der Waals surface area contributed by atoms with Gasteiger partial charge in [-0.25, -0.2) is 13.2 Å². The highest BCUT2D eigenvalue weighted by atomic mass is 19.1. The van der Waals surface area contributed by atoms with Gasteiger partial charge >= 0.3 is 0 Å². The molecular weight excluding hydrogens is 227 g/mol. The normalized spacial score (nSPS) is 12.5. The number of hydrogen-bond donors (Lipinski definition) is 1. The van der Waals surface area contributed by atoms with Crippen molar-refractivity contribution in [1.29, 1.82) is 0 Å². The van der Waals surface area contributed by atoms with Crippen molar-refractivity contribution in [3.8, 4) is 0 Å². The summed E-state index contributed by atoms with van der Waals surface area (Å²) in [5.74, 6) is -1.54. The molecule has 0 aliphatic rings. The average molecular weight is 237 g/mol. The second-order valence-electron chi connectivity index (χ2n) is 3.70. The molecule has 1 nitrogen and oxygen atoms in total. The van der Waals surface area contributed by atoms with Crippen molar-refractivity contribution >= 4 is 0 Å². The van der Waals surface area contributed by atoms with Crippen LogP contribution in [-0.4, -0.2) is 0 Å². The van der Waals surface area contributed by atoms with E-state index in [0.29, 0.717) is 5.56 Å². The Morgan fingerprint density at radius 2 is 1.41 bits per heavy atom. The number of rotatable bonds is 2. The SMILES string of the molecule is NC(c1ccc(F)cc1)c1cc(F)ccc1F. The summed E-state index contributed by atoms with van der Waals surface area (Å²) in [6.45, 7) is 0.